The fourth-order valence-corrected chi connectivity index (χ4v) is 2.52. The number of benzene rings is 1. The highest BCUT2D eigenvalue weighted by Gasteiger charge is 2.12. The van der Waals surface area contributed by atoms with Crippen LogP contribution in [0.2, 0.25) is 0 Å². The summed E-state index contributed by atoms with van der Waals surface area (Å²) < 4.78 is 5.73. The van der Waals surface area contributed by atoms with Gasteiger partial charge >= 0.3 is 0 Å². The Kier molecular flexibility index (Phi) is 3.26. The van der Waals surface area contributed by atoms with Crippen LogP contribution in [0.5, 0.6) is 11.6 Å². The molecular weight excluding hydrogens is 250 g/mol. The molecule has 0 atom stereocenters. The van der Waals surface area contributed by atoms with Crippen molar-refractivity contribution in [2.75, 3.05) is 5.73 Å². The summed E-state index contributed by atoms with van der Waals surface area (Å²) in [6.45, 7) is 0. The number of nitrogens with zero attached hydrogens (tertiary/aromatic N) is 2. The highest BCUT2D eigenvalue weighted by Crippen LogP contribution is 2.30. The van der Waals surface area contributed by atoms with Gasteiger partial charge in [0.1, 0.15) is 17.5 Å². The van der Waals surface area contributed by atoms with E-state index in [9.17, 15) is 0 Å². The Labute approximate surface area is 117 Å². The molecular formula is C16H15N3O. The summed E-state index contributed by atoms with van der Waals surface area (Å²) >= 11 is 0. The van der Waals surface area contributed by atoms with Crippen LogP contribution in [0.1, 0.15) is 29.5 Å². The number of nitrogen functional groups attached to an aromatic ring is 1. The summed E-state index contributed by atoms with van der Waals surface area (Å²) in [4.78, 5) is 4.10. The Morgan fingerprint density at radius 1 is 1.15 bits per heavy atom. The number of rotatable bonds is 2. The molecule has 2 N–H and O–H groups in total. The van der Waals surface area contributed by atoms with E-state index in [1.807, 2.05) is 12.1 Å². The monoisotopic (exact) mass is 265 g/mol. The number of pyridine rings is 1. The second-order valence-electron chi connectivity index (χ2n) is 4.93. The number of anilines is 1. The molecule has 3 rings (SSSR count). The van der Waals surface area contributed by atoms with E-state index in [1.165, 1.54) is 30.2 Å². The molecule has 4 heteroatoms. The minimum atomic E-state index is 0.285. The van der Waals surface area contributed by atoms with Crippen LogP contribution in [0.4, 0.5) is 5.69 Å². The summed E-state index contributed by atoms with van der Waals surface area (Å²) in [6, 6.07) is 9.70. The summed E-state index contributed by atoms with van der Waals surface area (Å²) in [5.41, 5.74) is 9.27. The molecule has 0 fully saturated rings. The molecule has 1 aliphatic rings. The van der Waals surface area contributed by atoms with Gasteiger partial charge in [-0.1, -0.05) is 6.07 Å². The molecule has 0 aliphatic heterocycles. The van der Waals surface area contributed by atoms with Crippen molar-refractivity contribution in [3.63, 3.8) is 0 Å². The SMILES string of the molecule is N#Cc1ccnc(Oc2ccc3c(c2)CCCC3)c1N. The quantitative estimate of drug-likeness (QED) is 0.905. The summed E-state index contributed by atoms with van der Waals surface area (Å²) in [5.74, 6) is 1.01. The molecule has 0 saturated carbocycles. The molecule has 20 heavy (non-hydrogen) atoms. The fraction of sp³-hybridized carbons (Fsp3) is 0.250. The average Bonchev–Trinajstić information content (AvgIpc) is 2.49. The van der Waals surface area contributed by atoms with Gasteiger partial charge in [0.25, 0.3) is 0 Å². The first-order valence-corrected chi connectivity index (χ1v) is 6.72. The molecule has 1 aromatic carbocycles. The number of hydrogen-bond donors (Lipinski definition) is 1. The lowest BCUT2D eigenvalue weighted by Crippen LogP contribution is -2.03. The van der Waals surface area contributed by atoms with Crippen LogP contribution in [-0.2, 0) is 12.8 Å². The van der Waals surface area contributed by atoms with Gasteiger partial charge in [-0.05, 0) is 55.0 Å². The van der Waals surface area contributed by atoms with Gasteiger partial charge in [0, 0.05) is 6.20 Å². The van der Waals surface area contributed by atoms with Crippen molar-refractivity contribution in [3.05, 3.63) is 47.2 Å². The summed E-state index contributed by atoms with van der Waals surface area (Å²) in [6.07, 6.45) is 6.24. The number of ether oxygens (including phenoxy) is 1. The minimum absolute atomic E-state index is 0.285. The summed E-state index contributed by atoms with van der Waals surface area (Å²) in [7, 11) is 0. The normalized spacial score (nSPS) is 13.3. The third-order valence-electron chi connectivity index (χ3n) is 3.61. The minimum Gasteiger partial charge on any atom is -0.437 e. The molecule has 0 saturated heterocycles. The highest BCUT2D eigenvalue weighted by atomic mass is 16.5. The third-order valence-corrected chi connectivity index (χ3v) is 3.61. The zero-order valence-corrected chi connectivity index (χ0v) is 11.1. The Morgan fingerprint density at radius 2 is 1.95 bits per heavy atom. The van der Waals surface area contributed by atoms with Gasteiger partial charge in [0.2, 0.25) is 5.88 Å². The van der Waals surface area contributed by atoms with Crippen LogP contribution >= 0.6 is 0 Å². The van der Waals surface area contributed by atoms with Crippen LogP contribution in [-0.4, -0.2) is 4.98 Å². The van der Waals surface area contributed by atoms with E-state index in [4.69, 9.17) is 15.7 Å². The second kappa shape index (κ2) is 5.22. The van der Waals surface area contributed by atoms with Crippen molar-refractivity contribution in [2.45, 2.75) is 25.7 Å². The Bertz CT molecular complexity index is 689. The van der Waals surface area contributed by atoms with E-state index in [2.05, 4.69) is 17.1 Å². The molecule has 2 aromatic rings. The standard InChI is InChI=1S/C16H15N3O/c17-10-13-7-8-19-16(15(13)18)20-14-6-5-11-3-1-2-4-12(11)9-14/h5-9H,1-4,18H2. The lowest BCUT2D eigenvalue weighted by molar-refractivity contribution is 0.464. The van der Waals surface area contributed by atoms with E-state index in [0.717, 1.165) is 18.6 Å². The van der Waals surface area contributed by atoms with Gasteiger partial charge in [-0.15, -0.1) is 0 Å². The van der Waals surface area contributed by atoms with Crippen molar-refractivity contribution in [3.8, 4) is 17.7 Å². The Morgan fingerprint density at radius 3 is 2.75 bits per heavy atom. The van der Waals surface area contributed by atoms with Crippen molar-refractivity contribution in [1.29, 1.82) is 5.26 Å². The maximum absolute atomic E-state index is 8.95. The van der Waals surface area contributed by atoms with Gasteiger partial charge in [-0.3, -0.25) is 0 Å². The van der Waals surface area contributed by atoms with E-state index in [-0.39, 0.29) is 5.69 Å². The number of nitrogens with two attached hydrogens (primary N) is 1. The van der Waals surface area contributed by atoms with Crippen molar-refractivity contribution in [2.24, 2.45) is 0 Å². The molecule has 0 bridgehead atoms. The predicted molar refractivity (Wildman–Crippen MR) is 76.5 cm³/mol. The molecule has 1 aliphatic carbocycles. The maximum Gasteiger partial charge on any atom is 0.244 e. The number of nitriles is 1. The molecule has 100 valence electrons. The van der Waals surface area contributed by atoms with Crippen LogP contribution in [0, 0.1) is 11.3 Å². The van der Waals surface area contributed by atoms with Crippen LogP contribution in [0.25, 0.3) is 0 Å². The third kappa shape index (κ3) is 2.30. The van der Waals surface area contributed by atoms with Gasteiger partial charge in [-0.2, -0.15) is 5.26 Å². The lowest BCUT2D eigenvalue weighted by atomic mass is 9.92. The van der Waals surface area contributed by atoms with Gasteiger partial charge < -0.3 is 10.5 Å². The molecule has 1 aromatic heterocycles. The molecule has 0 unspecified atom stereocenters. The lowest BCUT2D eigenvalue weighted by Gasteiger charge is -2.16. The highest BCUT2D eigenvalue weighted by molar-refractivity contribution is 5.60. The largest absolute Gasteiger partial charge is 0.437 e. The van der Waals surface area contributed by atoms with Gasteiger partial charge in [0.05, 0.1) is 5.56 Å². The number of aryl methyl sites for hydroxylation is 2. The smallest absolute Gasteiger partial charge is 0.244 e. The zero-order valence-electron chi connectivity index (χ0n) is 11.1. The number of fused-ring (bicyclic) bond motifs is 1. The molecule has 4 nitrogen and oxygen atoms in total. The molecule has 0 spiro atoms. The number of aromatic nitrogens is 1. The van der Waals surface area contributed by atoms with Crippen LogP contribution in [0.3, 0.4) is 0 Å². The maximum atomic E-state index is 8.95. The van der Waals surface area contributed by atoms with E-state index >= 15 is 0 Å². The predicted octanol–water partition coefficient (Wildman–Crippen LogP) is 3.21. The van der Waals surface area contributed by atoms with Crippen molar-refractivity contribution < 1.29 is 4.74 Å². The van der Waals surface area contributed by atoms with Crippen molar-refractivity contribution >= 4 is 5.69 Å². The molecule has 0 amide bonds. The first-order valence-electron chi connectivity index (χ1n) is 6.72. The Balaban J connectivity index is 1.90. The first-order chi connectivity index (χ1) is 9.78. The van der Waals surface area contributed by atoms with E-state index in [0.29, 0.717) is 11.4 Å². The van der Waals surface area contributed by atoms with Crippen LogP contribution in [0.15, 0.2) is 30.5 Å². The topological polar surface area (TPSA) is 71.9 Å². The zero-order chi connectivity index (χ0) is 13.9. The van der Waals surface area contributed by atoms with E-state index in [1.54, 1.807) is 6.07 Å². The van der Waals surface area contributed by atoms with E-state index < -0.39 is 0 Å². The average molecular weight is 265 g/mol. The molecule has 0 radical (unpaired) electrons. The second-order valence-corrected chi connectivity index (χ2v) is 4.93. The Hall–Kier alpha value is -2.54. The van der Waals surface area contributed by atoms with Gasteiger partial charge in [0.15, 0.2) is 0 Å². The summed E-state index contributed by atoms with van der Waals surface area (Å²) in [5, 5.41) is 8.95. The fourth-order valence-electron chi connectivity index (χ4n) is 2.52. The van der Waals surface area contributed by atoms with Crippen molar-refractivity contribution in [1.82, 2.24) is 4.98 Å². The van der Waals surface area contributed by atoms with Crippen LogP contribution < -0.4 is 10.5 Å². The molecule has 1 heterocycles. The van der Waals surface area contributed by atoms with Gasteiger partial charge in [-0.25, -0.2) is 4.98 Å². The first kappa shape index (κ1) is 12.5. The number of hydrogen-bond acceptors (Lipinski definition) is 4.